The Morgan fingerprint density at radius 2 is 1.90 bits per heavy atom. The lowest BCUT2D eigenvalue weighted by Gasteiger charge is -2.09. The van der Waals surface area contributed by atoms with Crippen molar-refractivity contribution in [2.75, 3.05) is 18.4 Å². The van der Waals surface area contributed by atoms with Crippen molar-refractivity contribution in [2.24, 2.45) is 0 Å². The van der Waals surface area contributed by atoms with Crippen LogP contribution in [0.1, 0.15) is 24.2 Å². The summed E-state index contributed by atoms with van der Waals surface area (Å²) >= 11 is 0. The second kappa shape index (κ2) is 8.12. The molecule has 0 aromatic heterocycles. The van der Waals surface area contributed by atoms with Gasteiger partial charge in [0.2, 0.25) is 5.91 Å². The topological polar surface area (TPSA) is 70.2 Å². The van der Waals surface area contributed by atoms with Gasteiger partial charge in [-0.05, 0) is 24.3 Å². The Morgan fingerprint density at radius 3 is 2.45 bits per heavy atom. The Kier molecular flexibility index (Phi) is 6.46. The number of rotatable bonds is 7. The third kappa shape index (κ3) is 5.67. The number of benzene rings is 1. The highest BCUT2D eigenvalue weighted by Gasteiger charge is 2.06. The van der Waals surface area contributed by atoms with Gasteiger partial charge >= 0.3 is 0 Å². The van der Waals surface area contributed by atoms with Gasteiger partial charge in [0.1, 0.15) is 0 Å². The van der Waals surface area contributed by atoms with E-state index in [9.17, 15) is 9.59 Å². The number of carbonyl (C=O) groups is 2. The van der Waals surface area contributed by atoms with Crippen molar-refractivity contribution in [3.8, 4) is 0 Å². The zero-order valence-corrected chi connectivity index (χ0v) is 11.9. The maximum atomic E-state index is 11.7. The molecule has 1 aromatic rings. The summed E-state index contributed by atoms with van der Waals surface area (Å²) in [5, 5.41) is 8.48. The van der Waals surface area contributed by atoms with Crippen LogP contribution in [0.3, 0.4) is 0 Å². The minimum atomic E-state index is -0.163. The number of carbonyl (C=O) groups excluding carboxylic acids is 2. The van der Waals surface area contributed by atoms with Gasteiger partial charge in [-0.15, -0.1) is 6.58 Å². The lowest BCUT2D eigenvalue weighted by atomic mass is 10.2. The summed E-state index contributed by atoms with van der Waals surface area (Å²) in [6.45, 7) is 8.18. The zero-order valence-electron chi connectivity index (χ0n) is 11.9. The molecule has 108 valence electrons. The highest BCUT2D eigenvalue weighted by atomic mass is 16.2. The number of hydrogen-bond acceptors (Lipinski definition) is 3. The van der Waals surface area contributed by atoms with Gasteiger partial charge < -0.3 is 16.0 Å². The molecule has 0 radical (unpaired) electrons. The molecule has 5 nitrogen and oxygen atoms in total. The molecule has 0 spiro atoms. The molecule has 3 N–H and O–H groups in total. The van der Waals surface area contributed by atoms with E-state index in [1.165, 1.54) is 0 Å². The summed E-state index contributed by atoms with van der Waals surface area (Å²) in [4.78, 5) is 23.3. The Labute approximate surface area is 119 Å². The van der Waals surface area contributed by atoms with Crippen LogP contribution in [0.4, 0.5) is 5.69 Å². The van der Waals surface area contributed by atoms with Gasteiger partial charge in [-0.1, -0.05) is 19.9 Å². The molecule has 0 aliphatic carbocycles. The molecule has 2 amide bonds. The second-order valence-electron chi connectivity index (χ2n) is 4.66. The van der Waals surface area contributed by atoms with Gasteiger partial charge in [-0.2, -0.15) is 0 Å². The van der Waals surface area contributed by atoms with E-state index in [1.807, 2.05) is 13.8 Å². The van der Waals surface area contributed by atoms with Crippen molar-refractivity contribution >= 4 is 17.5 Å². The van der Waals surface area contributed by atoms with Crippen LogP contribution in [0.2, 0.25) is 0 Å². The Morgan fingerprint density at radius 1 is 1.25 bits per heavy atom. The molecule has 0 unspecified atom stereocenters. The van der Waals surface area contributed by atoms with E-state index < -0.39 is 0 Å². The fourth-order valence-electron chi connectivity index (χ4n) is 1.47. The van der Waals surface area contributed by atoms with Crippen molar-refractivity contribution in [3.05, 3.63) is 42.5 Å². The fourth-order valence-corrected chi connectivity index (χ4v) is 1.47. The van der Waals surface area contributed by atoms with E-state index in [-0.39, 0.29) is 24.4 Å². The molecular formula is C15H21N3O2. The molecule has 0 aliphatic heterocycles. The van der Waals surface area contributed by atoms with Crippen LogP contribution >= 0.6 is 0 Å². The maximum absolute atomic E-state index is 11.7. The first-order chi connectivity index (χ1) is 9.52. The smallest absolute Gasteiger partial charge is 0.251 e. The number of hydrogen-bond donors (Lipinski definition) is 3. The summed E-state index contributed by atoms with van der Waals surface area (Å²) in [5.41, 5.74) is 1.21. The molecule has 0 bridgehead atoms. The van der Waals surface area contributed by atoms with Crippen LogP contribution in [0.25, 0.3) is 0 Å². The van der Waals surface area contributed by atoms with E-state index >= 15 is 0 Å². The molecule has 0 saturated heterocycles. The van der Waals surface area contributed by atoms with Crippen LogP contribution in [-0.2, 0) is 4.79 Å². The third-order valence-electron chi connectivity index (χ3n) is 2.51. The first-order valence-electron chi connectivity index (χ1n) is 6.55. The van der Waals surface area contributed by atoms with Gasteiger partial charge in [0.25, 0.3) is 5.91 Å². The Hall–Kier alpha value is -2.14. The summed E-state index contributed by atoms with van der Waals surface area (Å²) in [7, 11) is 0. The van der Waals surface area contributed by atoms with E-state index in [0.29, 0.717) is 17.8 Å². The lowest BCUT2D eigenvalue weighted by Crippen LogP contribution is -2.32. The van der Waals surface area contributed by atoms with Gasteiger partial charge in [-0.25, -0.2) is 0 Å². The molecule has 20 heavy (non-hydrogen) atoms. The predicted molar refractivity (Wildman–Crippen MR) is 80.7 cm³/mol. The normalized spacial score (nSPS) is 10.2. The van der Waals surface area contributed by atoms with Gasteiger partial charge in [-0.3, -0.25) is 9.59 Å². The van der Waals surface area contributed by atoms with Crippen LogP contribution in [0, 0.1) is 0 Å². The largest absolute Gasteiger partial charge is 0.349 e. The van der Waals surface area contributed by atoms with Crippen LogP contribution in [0.15, 0.2) is 36.9 Å². The molecular weight excluding hydrogens is 254 g/mol. The SMILES string of the molecule is C=CCNC(=O)c1ccc(NC(=O)CNC(C)C)cc1. The van der Waals surface area contributed by atoms with E-state index in [0.717, 1.165) is 0 Å². The van der Waals surface area contributed by atoms with Crippen LogP contribution < -0.4 is 16.0 Å². The average molecular weight is 275 g/mol. The van der Waals surface area contributed by atoms with E-state index in [1.54, 1.807) is 30.3 Å². The summed E-state index contributed by atoms with van der Waals surface area (Å²) < 4.78 is 0. The van der Waals surface area contributed by atoms with Gasteiger partial charge in [0.15, 0.2) is 0 Å². The monoisotopic (exact) mass is 275 g/mol. The first kappa shape index (κ1) is 15.9. The Balaban J connectivity index is 2.51. The molecule has 1 rings (SSSR count). The van der Waals surface area contributed by atoms with Crippen molar-refractivity contribution < 1.29 is 9.59 Å². The maximum Gasteiger partial charge on any atom is 0.251 e. The van der Waals surface area contributed by atoms with Crippen LogP contribution in [-0.4, -0.2) is 30.9 Å². The third-order valence-corrected chi connectivity index (χ3v) is 2.51. The lowest BCUT2D eigenvalue weighted by molar-refractivity contribution is -0.115. The van der Waals surface area contributed by atoms with E-state index in [2.05, 4.69) is 22.5 Å². The predicted octanol–water partition coefficient (Wildman–Crippen LogP) is 1.54. The highest BCUT2D eigenvalue weighted by molar-refractivity contribution is 5.96. The fraction of sp³-hybridized carbons (Fsp3) is 0.333. The molecule has 0 heterocycles. The quantitative estimate of drug-likeness (QED) is 0.661. The van der Waals surface area contributed by atoms with E-state index in [4.69, 9.17) is 0 Å². The van der Waals surface area contributed by atoms with Crippen molar-refractivity contribution in [1.82, 2.24) is 10.6 Å². The number of nitrogens with one attached hydrogen (secondary N) is 3. The minimum Gasteiger partial charge on any atom is -0.349 e. The first-order valence-corrected chi connectivity index (χ1v) is 6.55. The Bertz CT molecular complexity index is 467. The zero-order chi connectivity index (χ0) is 15.0. The standard InChI is InChI=1S/C15H21N3O2/c1-4-9-16-15(20)12-5-7-13(8-6-12)18-14(19)10-17-11(2)3/h4-8,11,17H,1,9-10H2,2-3H3,(H,16,20)(H,18,19). The van der Waals surface area contributed by atoms with Gasteiger partial charge in [0.05, 0.1) is 6.54 Å². The van der Waals surface area contributed by atoms with Crippen molar-refractivity contribution in [3.63, 3.8) is 0 Å². The highest BCUT2D eigenvalue weighted by Crippen LogP contribution is 2.09. The van der Waals surface area contributed by atoms with Crippen molar-refractivity contribution in [2.45, 2.75) is 19.9 Å². The van der Waals surface area contributed by atoms with Crippen molar-refractivity contribution in [1.29, 1.82) is 0 Å². The number of anilines is 1. The molecule has 0 atom stereocenters. The molecule has 0 aliphatic rings. The molecule has 5 heteroatoms. The summed E-state index contributed by atoms with van der Waals surface area (Å²) in [6.07, 6.45) is 1.62. The average Bonchev–Trinajstić information content (AvgIpc) is 2.43. The molecule has 1 aromatic carbocycles. The molecule has 0 fully saturated rings. The number of amides is 2. The second-order valence-corrected chi connectivity index (χ2v) is 4.66. The minimum absolute atomic E-state index is 0.109. The van der Waals surface area contributed by atoms with Crippen LogP contribution in [0.5, 0.6) is 0 Å². The summed E-state index contributed by atoms with van der Waals surface area (Å²) in [6, 6.07) is 7.01. The van der Waals surface area contributed by atoms with Gasteiger partial charge in [0, 0.05) is 23.8 Å². The molecule has 0 saturated carbocycles. The summed E-state index contributed by atoms with van der Waals surface area (Å²) in [5.74, 6) is -0.271.